The van der Waals surface area contributed by atoms with Crippen LogP contribution in [0.25, 0.3) is 0 Å². The lowest BCUT2D eigenvalue weighted by Crippen LogP contribution is -2.27. The molecule has 0 fully saturated rings. The molecule has 1 N–H and O–H groups in total. The highest BCUT2D eigenvalue weighted by molar-refractivity contribution is 6.61. The molecule has 0 aliphatic carbocycles. The van der Waals surface area contributed by atoms with E-state index in [4.69, 9.17) is 14.1 Å². The molecular weight excluding hydrogens is 223 g/mol. The Morgan fingerprint density at radius 3 is 3.18 bits per heavy atom. The maximum atomic E-state index is 11.1. The van der Waals surface area contributed by atoms with E-state index in [-0.39, 0.29) is 6.61 Å². The average molecular weight is 236 g/mol. The molecule has 17 heavy (non-hydrogen) atoms. The Labute approximate surface area is 99.4 Å². The molecule has 5 nitrogen and oxygen atoms in total. The fourth-order valence-electron chi connectivity index (χ4n) is 1.64. The summed E-state index contributed by atoms with van der Waals surface area (Å²) in [6.07, 6.45) is 0. The van der Waals surface area contributed by atoms with Gasteiger partial charge in [-0.2, -0.15) is 0 Å². The van der Waals surface area contributed by atoms with Crippen molar-refractivity contribution in [3.63, 3.8) is 0 Å². The van der Waals surface area contributed by atoms with Crippen molar-refractivity contribution in [1.29, 1.82) is 0 Å². The van der Waals surface area contributed by atoms with Gasteiger partial charge in [-0.1, -0.05) is 6.07 Å². The summed E-state index contributed by atoms with van der Waals surface area (Å²) in [7, 11) is -0.857. The number of carbonyl (C=O) groups is 1. The Morgan fingerprint density at radius 2 is 2.41 bits per heavy atom. The summed E-state index contributed by atoms with van der Waals surface area (Å²) in [5.41, 5.74) is 1.62. The molecule has 0 spiro atoms. The summed E-state index contributed by atoms with van der Waals surface area (Å²) in [6, 6.07) is 5.17. The van der Waals surface area contributed by atoms with Crippen LogP contribution in [0.4, 0.5) is 0 Å². The molecule has 1 aliphatic heterocycles. The van der Waals surface area contributed by atoms with Gasteiger partial charge in [0.2, 0.25) is 0 Å². The lowest BCUT2D eigenvalue weighted by Gasteiger charge is -2.07. The van der Waals surface area contributed by atoms with E-state index < -0.39 is 13.1 Å². The third-order valence-corrected chi connectivity index (χ3v) is 2.44. The zero-order valence-corrected chi connectivity index (χ0v) is 9.51. The molecule has 1 aromatic rings. The molecule has 0 bridgehead atoms. The summed E-state index contributed by atoms with van der Waals surface area (Å²) < 4.78 is 15.1. The van der Waals surface area contributed by atoms with Crippen molar-refractivity contribution in [3.8, 4) is 5.75 Å². The third-order valence-electron chi connectivity index (χ3n) is 2.44. The van der Waals surface area contributed by atoms with Crippen LogP contribution in [-0.2, 0) is 20.8 Å². The molecule has 2 rings (SSSR count). The van der Waals surface area contributed by atoms with Gasteiger partial charge >= 0.3 is 13.1 Å². The Hall–Kier alpha value is -1.53. The van der Waals surface area contributed by atoms with Crippen molar-refractivity contribution in [2.75, 3.05) is 13.2 Å². The lowest BCUT2D eigenvalue weighted by molar-refractivity contribution is -0.145. The number of hydrogen-bond donors (Lipinski definition) is 1. The second-order valence-electron chi connectivity index (χ2n) is 3.62. The SMILES string of the molecule is CCOC(=O)COc1ccc2c(c1)COB2O. The second-order valence-corrected chi connectivity index (χ2v) is 3.62. The van der Waals surface area contributed by atoms with Gasteiger partial charge in [0.1, 0.15) is 5.75 Å². The van der Waals surface area contributed by atoms with E-state index in [1.807, 2.05) is 0 Å². The molecule has 0 amide bonds. The van der Waals surface area contributed by atoms with Crippen molar-refractivity contribution in [2.24, 2.45) is 0 Å². The van der Waals surface area contributed by atoms with E-state index in [0.29, 0.717) is 19.0 Å². The zero-order valence-electron chi connectivity index (χ0n) is 9.51. The molecule has 0 aromatic heterocycles. The van der Waals surface area contributed by atoms with Gasteiger partial charge < -0.3 is 19.2 Å². The molecule has 1 aromatic carbocycles. The quantitative estimate of drug-likeness (QED) is 0.581. The van der Waals surface area contributed by atoms with E-state index in [1.165, 1.54) is 0 Å². The van der Waals surface area contributed by atoms with Gasteiger partial charge in [-0.25, -0.2) is 4.79 Å². The fourth-order valence-corrected chi connectivity index (χ4v) is 1.64. The Kier molecular flexibility index (Phi) is 3.66. The van der Waals surface area contributed by atoms with Gasteiger partial charge in [0, 0.05) is 0 Å². The molecular formula is C11H13BO5. The second kappa shape index (κ2) is 5.20. The topological polar surface area (TPSA) is 65.0 Å². The van der Waals surface area contributed by atoms with Crippen LogP contribution >= 0.6 is 0 Å². The third kappa shape index (κ3) is 2.78. The van der Waals surface area contributed by atoms with Crippen molar-refractivity contribution >= 4 is 18.6 Å². The minimum atomic E-state index is -0.857. The summed E-state index contributed by atoms with van der Waals surface area (Å²) in [6.45, 7) is 2.32. The van der Waals surface area contributed by atoms with Gasteiger partial charge in [-0.3, -0.25) is 0 Å². The number of esters is 1. The summed E-state index contributed by atoms with van der Waals surface area (Å²) >= 11 is 0. The van der Waals surface area contributed by atoms with Crippen LogP contribution in [0, 0.1) is 0 Å². The molecule has 0 saturated heterocycles. The standard InChI is InChI=1S/C11H13BO5/c1-2-15-11(13)7-16-9-3-4-10-8(5-9)6-17-12(10)14/h3-5,14H,2,6-7H2,1H3. The number of ether oxygens (including phenoxy) is 2. The largest absolute Gasteiger partial charge is 0.491 e. The maximum absolute atomic E-state index is 11.1. The normalized spacial score (nSPS) is 13.4. The highest BCUT2D eigenvalue weighted by Gasteiger charge is 2.27. The summed E-state index contributed by atoms with van der Waals surface area (Å²) in [4.78, 5) is 11.1. The Balaban J connectivity index is 1.97. The van der Waals surface area contributed by atoms with Gasteiger partial charge in [0.25, 0.3) is 0 Å². The maximum Gasteiger partial charge on any atom is 0.491 e. The molecule has 1 heterocycles. The van der Waals surface area contributed by atoms with Gasteiger partial charge in [-0.05, 0) is 30.1 Å². The Bertz CT molecular complexity index is 420. The number of fused-ring (bicyclic) bond motifs is 1. The molecule has 0 saturated carbocycles. The predicted octanol–water partition coefficient (Wildman–Crippen LogP) is -0.154. The minimum absolute atomic E-state index is 0.115. The first-order chi connectivity index (χ1) is 8.20. The molecule has 0 unspecified atom stereocenters. The van der Waals surface area contributed by atoms with E-state index in [2.05, 4.69) is 0 Å². The first-order valence-electron chi connectivity index (χ1n) is 5.41. The van der Waals surface area contributed by atoms with E-state index in [9.17, 15) is 9.82 Å². The highest BCUT2D eigenvalue weighted by atomic mass is 16.6. The monoisotopic (exact) mass is 236 g/mol. The molecule has 6 heteroatoms. The number of rotatable bonds is 4. The van der Waals surface area contributed by atoms with Gasteiger partial charge in [0.15, 0.2) is 6.61 Å². The van der Waals surface area contributed by atoms with Crippen LogP contribution in [0.5, 0.6) is 5.75 Å². The average Bonchev–Trinajstić information content (AvgIpc) is 2.69. The van der Waals surface area contributed by atoms with Crippen molar-refractivity contribution in [2.45, 2.75) is 13.5 Å². The van der Waals surface area contributed by atoms with Crippen LogP contribution in [0.15, 0.2) is 18.2 Å². The smallest absolute Gasteiger partial charge is 0.482 e. The van der Waals surface area contributed by atoms with Crippen LogP contribution < -0.4 is 10.2 Å². The predicted molar refractivity (Wildman–Crippen MR) is 61.0 cm³/mol. The van der Waals surface area contributed by atoms with Crippen LogP contribution in [-0.4, -0.2) is 31.3 Å². The molecule has 0 atom stereocenters. The van der Waals surface area contributed by atoms with Gasteiger partial charge in [0.05, 0.1) is 13.2 Å². The Morgan fingerprint density at radius 1 is 1.59 bits per heavy atom. The first kappa shape index (κ1) is 11.9. The fraction of sp³-hybridized carbons (Fsp3) is 0.364. The summed E-state index contributed by atoms with van der Waals surface area (Å²) in [5, 5.41) is 9.42. The highest BCUT2D eigenvalue weighted by Crippen LogP contribution is 2.17. The van der Waals surface area contributed by atoms with E-state index >= 15 is 0 Å². The van der Waals surface area contributed by atoms with Crippen molar-refractivity contribution < 1.29 is 23.9 Å². The molecule has 0 radical (unpaired) electrons. The molecule has 1 aliphatic rings. The minimum Gasteiger partial charge on any atom is -0.482 e. The van der Waals surface area contributed by atoms with E-state index in [0.717, 1.165) is 11.0 Å². The van der Waals surface area contributed by atoms with Crippen molar-refractivity contribution in [1.82, 2.24) is 0 Å². The number of hydrogen-bond acceptors (Lipinski definition) is 5. The molecule has 90 valence electrons. The van der Waals surface area contributed by atoms with Crippen molar-refractivity contribution in [3.05, 3.63) is 23.8 Å². The van der Waals surface area contributed by atoms with Gasteiger partial charge in [-0.15, -0.1) is 0 Å². The lowest BCUT2D eigenvalue weighted by atomic mass is 9.80. The van der Waals surface area contributed by atoms with Crippen LogP contribution in [0.3, 0.4) is 0 Å². The van der Waals surface area contributed by atoms with E-state index in [1.54, 1.807) is 25.1 Å². The van der Waals surface area contributed by atoms with Crippen LogP contribution in [0.2, 0.25) is 0 Å². The number of carbonyl (C=O) groups excluding carboxylic acids is 1. The zero-order chi connectivity index (χ0) is 12.3. The van der Waals surface area contributed by atoms with Crippen LogP contribution in [0.1, 0.15) is 12.5 Å². The number of benzene rings is 1. The summed E-state index contributed by atoms with van der Waals surface area (Å²) in [5.74, 6) is 0.166. The first-order valence-corrected chi connectivity index (χ1v) is 5.41.